The first kappa shape index (κ1) is 17.3. The standard InChI is InChI=1S/C15H31NO2S/c1-3-4-5-6-10-18-12-14(17)11-16-13-15(19-2)8-7-9-15/h14,16-17H,3-13H2,1-2H3. The van der Waals surface area contributed by atoms with Gasteiger partial charge in [-0.25, -0.2) is 0 Å². The van der Waals surface area contributed by atoms with Gasteiger partial charge < -0.3 is 15.2 Å². The topological polar surface area (TPSA) is 41.5 Å². The van der Waals surface area contributed by atoms with Gasteiger partial charge in [-0.2, -0.15) is 11.8 Å². The van der Waals surface area contributed by atoms with Crippen molar-refractivity contribution in [3.8, 4) is 0 Å². The molecule has 0 saturated heterocycles. The van der Waals surface area contributed by atoms with Crippen molar-refractivity contribution < 1.29 is 9.84 Å². The van der Waals surface area contributed by atoms with E-state index < -0.39 is 0 Å². The maximum Gasteiger partial charge on any atom is 0.0897 e. The lowest BCUT2D eigenvalue weighted by molar-refractivity contribution is 0.0349. The minimum atomic E-state index is -0.370. The number of aliphatic hydroxyl groups is 1. The van der Waals surface area contributed by atoms with Gasteiger partial charge in [-0.1, -0.05) is 32.6 Å². The van der Waals surface area contributed by atoms with Crippen molar-refractivity contribution in [1.29, 1.82) is 0 Å². The summed E-state index contributed by atoms with van der Waals surface area (Å²) in [5, 5.41) is 13.2. The Kier molecular flexibility index (Phi) is 9.12. The summed E-state index contributed by atoms with van der Waals surface area (Å²) in [6.45, 7) is 5.12. The third-order valence-corrected chi connectivity index (χ3v) is 5.40. The molecule has 0 bridgehead atoms. The van der Waals surface area contributed by atoms with Crippen molar-refractivity contribution in [1.82, 2.24) is 5.32 Å². The van der Waals surface area contributed by atoms with Crippen LogP contribution in [0.1, 0.15) is 51.9 Å². The Balaban J connectivity index is 1.91. The van der Waals surface area contributed by atoms with Crippen LogP contribution in [0.5, 0.6) is 0 Å². The van der Waals surface area contributed by atoms with Crippen molar-refractivity contribution in [2.24, 2.45) is 0 Å². The Morgan fingerprint density at radius 3 is 2.68 bits per heavy atom. The van der Waals surface area contributed by atoms with Crippen LogP contribution in [-0.2, 0) is 4.74 Å². The predicted molar refractivity (Wildman–Crippen MR) is 83.9 cm³/mol. The van der Waals surface area contributed by atoms with E-state index in [4.69, 9.17) is 4.74 Å². The number of aliphatic hydroxyl groups excluding tert-OH is 1. The molecule has 0 spiro atoms. The SMILES string of the molecule is CCCCCCOCC(O)CNCC1(SC)CCC1. The first-order valence-electron chi connectivity index (χ1n) is 7.74. The van der Waals surface area contributed by atoms with E-state index in [1.54, 1.807) is 0 Å². The number of hydrogen-bond donors (Lipinski definition) is 2. The quantitative estimate of drug-likeness (QED) is 0.542. The Morgan fingerprint density at radius 2 is 2.11 bits per heavy atom. The van der Waals surface area contributed by atoms with E-state index in [2.05, 4.69) is 18.5 Å². The highest BCUT2D eigenvalue weighted by molar-refractivity contribution is 8.00. The molecule has 0 aromatic rings. The summed E-state index contributed by atoms with van der Waals surface area (Å²) in [6, 6.07) is 0. The zero-order valence-electron chi connectivity index (χ0n) is 12.6. The molecule has 2 N–H and O–H groups in total. The Morgan fingerprint density at radius 1 is 1.32 bits per heavy atom. The molecule has 1 aliphatic rings. The second-order valence-corrected chi connectivity index (χ2v) is 6.94. The van der Waals surface area contributed by atoms with Crippen LogP contribution >= 0.6 is 11.8 Å². The second-order valence-electron chi connectivity index (χ2n) is 5.66. The summed E-state index contributed by atoms with van der Waals surface area (Å²) in [5.74, 6) is 0. The Hall–Kier alpha value is 0.230. The maximum absolute atomic E-state index is 9.82. The molecule has 0 aromatic heterocycles. The summed E-state index contributed by atoms with van der Waals surface area (Å²) < 4.78 is 5.94. The van der Waals surface area contributed by atoms with Gasteiger partial charge in [0.1, 0.15) is 0 Å². The van der Waals surface area contributed by atoms with Crippen molar-refractivity contribution in [2.45, 2.75) is 62.7 Å². The smallest absolute Gasteiger partial charge is 0.0897 e. The predicted octanol–water partition coefficient (Wildman–Crippen LogP) is 2.82. The lowest BCUT2D eigenvalue weighted by atomic mass is 9.84. The van der Waals surface area contributed by atoms with Crippen molar-refractivity contribution >= 4 is 11.8 Å². The van der Waals surface area contributed by atoms with Crippen LogP contribution in [-0.4, -0.2) is 48.5 Å². The Labute approximate surface area is 122 Å². The lowest BCUT2D eigenvalue weighted by Gasteiger charge is -2.40. The molecule has 0 radical (unpaired) electrons. The summed E-state index contributed by atoms with van der Waals surface area (Å²) in [6.07, 6.45) is 10.7. The molecular weight excluding hydrogens is 258 g/mol. The number of thioether (sulfide) groups is 1. The largest absolute Gasteiger partial charge is 0.389 e. The van der Waals surface area contributed by atoms with Gasteiger partial charge in [0.15, 0.2) is 0 Å². The van der Waals surface area contributed by atoms with Crippen LogP contribution in [0.25, 0.3) is 0 Å². The van der Waals surface area contributed by atoms with Crippen LogP contribution in [0, 0.1) is 0 Å². The summed E-state index contributed by atoms with van der Waals surface area (Å²) >= 11 is 1.96. The number of unbranched alkanes of at least 4 members (excludes halogenated alkanes) is 3. The van der Waals surface area contributed by atoms with Gasteiger partial charge in [0.05, 0.1) is 12.7 Å². The fourth-order valence-electron chi connectivity index (χ4n) is 2.40. The number of ether oxygens (including phenoxy) is 1. The van der Waals surface area contributed by atoms with Crippen molar-refractivity contribution in [3.05, 3.63) is 0 Å². The molecule has 1 saturated carbocycles. The minimum absolute atomic E-state index is 0.370. The molecule has 1 atom stereocenters. The zero-order chi connectivity index (χ0) is 14.0. The number of nitrogens with one attached hydrogen (secondary N) is 1. The molecule has 0 amide bonds. The van der Waals surface area contributed by atoms with E-state index >= 15 is 0 Å². The van der Waals surface area contributed by atoms with Crippen LogP contribution in [0.2, 0.25) is 0 Å². The first-order valence-corrected chi connectivity index (χ1v) is 8.96. The fourth-order valence-corrected chi connectivity index (χ4v) is 3.34. The molecule has 114 valence electrons. The average molecular weight is 289 g/mol. The van der Waals surface area contributed by atoms with Gasteiger partial charge in [-0.05, 0) is 25.5 Å². The van der Waals surface area contributed by atoms with Crippen molar-refractivity contribution in [3.63, 3.8) is 0 Å². The van der Waals surface area contributed by atoms with Crippen LogP contribution in [0.3, 0.4) is 0 Å². The van der Waals surface area contributed by atoms with E-state index in [0.717, 1.165) is 19.6 Å². The molecule has 1 aliphatic carbocycles. The highest BCUT2D eigenvalue weighted by Gasteiger charge is 2.35. The third-order valence-electron chi connectivity index (χ3n) is 3.98. The molecule has 4 heteroatoms. The van der Waals surface area contributed by atoms with E-state index in [1.165, 1.54) is 38.5 Å². The van der Waals surface area contributed by atoms with E-state index in [9.17, 15) is 5.11 Å². The Bertz CT molecular complexity index is 217. The highest BCUT2D eigenvalue weighted by Crippen LogP contribution is 2.42. The van der Waals surface area contributed by atoms with Crippen molar-refractivity contribution in [2.75, 3.05) is 32.6 Å². The summed E-state index contributed by atoms with van der Waals surface area (Å²) in [5.41, 5.74) is 0. The van der Waals surface area contributed by atoms with Gasteiger partial charge in [0, 0.05) is 24.4 Å². The molecule has 0 heterocycles. The first-order chi connectivity index (χ1) is 9.22. The second kappa shape index (κ2) is 10.0. The fraction of sp³-hybridized carbons (Fsp3) is 1.00. The molecule has 1 rings (SSSR count). The molecule has 3 nitrogen and oxygen atoms in total. The average Bonchev–Trinajstić information content (AvgIpc) is 2.37. The van der Waals surface area contributed by atoms with Gasteiger partial charge in [0.25, 0.3) is 0 Å². The number of hydrogen-bond acceptors (Lipinski definition) is 4. The summed E-state index contributed by atoms with van der Waals surface area (Å²) in [7, 11) is 0. The van der Waals surface area contributed by atoms with Crippen LogP contribution in [0.4, 0.5) is 0 Å². The van der Waals surface area contributed by atoms with Gasteiger partial charge in [-0.3, -0.25) is 0 Å². The zero-order valence-corrected chi connectivity index (χ0v) is 13.4. The van der Waals surface area contributed by atoms with Gasteiger partial charge >= 0.3 is 0 Å². The molecule has 1 fully saturated rings. The number of rotatable bonds is 12. The van der Waals surface area contributed by atoms with E-state index in [-0.39, 0.29) is 6.10 Å². The monoisotopic (exact) mass is 289 g/mol. The molecular formula is C15H31NO2S. The highest BCUT2D eigenvalue weighted by atomic mass is 32.2. The minimum Gasteiger partial charge on any atom is -0.389 e. The normalized spacial score (nSPS) is 19.1. The van der Waals surface area contributed by atoms with Crippen LogP contribution in [0.15, 0.2) is 0 Å². The molecule has 1 unspecified atom stereocenters. The summed E-state index contributed by atoms with van der Waals surface area (Å²) in [4.78, 5) is 0. The maximum atomic E-state index is 9.82. The third kappa shape index (κ3) is 6.98. The van der Waals surface area contributed by atoms with Gasteiger partial charge in [-0.15, -0.1) is 0 Å². The lowest BCUT2D eigenvalue weighted by Crippen LogP contribution is -2.45. The van der Waals surface area contributed by atoms with E-state index in [0.29, 0.717) is 17.9 Å². The molecule has 0 aliphatic heterocycles. The van der Waals surface area contributed by atoms with E-state index in [1.807, 2.05) is 11.8 Å². The molecule has 0 aromatic carbocycles. The van der Waals surface area contributed by atoms with Crippen LogP contribution < -0.4 is 5.32 Å². The molecule has 19 heavy (non-hydrogen) atoms. The van der Waals surface area contributed by atoms with Gasteiger partial charge in [0.2, 0.25) is 0 Å².